The second-order valence-corrected chi connectivity index (χ2v) is 5.39. The molecular formula is C14H28. The van der Waals surface area contributed by atoms with Crippen molar-refractivity contribution in [2.45, 2.75) is 66.2 Å². The zero-order valence-corrected chi connectivity index (χ0v) is 10.6. The van der Waals surface area contributed by atoms with E-state index in [0.29, 0.717) is 0 Å². The van der Waals surface area contributed by atoms with Gasteiger partial charge in [0, 0.05) is 0 Å². The number of rotatable bonds is 4. The molecule has 1 aliphatic rings. The first-order valence-corrected chi connectivity index (χ1v) is 6.70. The summed E-state index contributed by atoms with van der Waals surface area (Å²) < 4.78 is 0. The van der Waals surface area contributed by atoms with Crippen molar-refractivity contribution in [1.29, 1.82) is 0 Å². The summed E-state index contributed by atoms with van der Waals surface area (Å²) in [5.41, 5.74) is 0. The Kier molecular flexibility index (Phi) is 4.98. The van der Waals surface area contributed by atoms with E-state index >= 15 is 0 Å². The predicted molar refractivity (Wildman–Crippen MR) is 64.4 cm³/mol. The third-order valence-corrected chi connectivity index (χ3v) is 4.57. The summed E-state index contributed by atoms with van der Waals surface area (Å²) in [6.07, 6.45) is 8.70. The molecule has 0 aromatic carbocycles. The lowest BCUT2D eigenvalue weighted by Crippen LogP contribution is -2.30. The predicted octanol–water partition coefficient (Wildman–Crippen LogP) is 4.89. The van der Waals surface area contributed by atoms with E-state index < -0.39 is 0 Å². The second-order valence-electron chi connectivity index (χ2n) is 5.39. The van der Waals surface area contributed by atoms with E-state index in [2.05, 4.69) is 27.7 Å². The van der Waals surface area contributed by atoms with Crippen LogP contribution in [0, 0.1) is 23.7 Å². The Labute approximate surface area is 90.5 Å². The van der Waals surface area contributed by atoms with Crippen LogP contribution in [-0.4, -0.2) is 0 Å². The lowest BCUT2D eigenvalue weighted by Gasteiger charge is -2.39. The van der Waals surface area contributed by atoms with Crippen molar-refractivity contribution in [1.82, 2.24) is 0 Å². The molecule has 0 aromatic heterocycles. The third-order valence-electron chi connectivity index (χ3n) is 4.57. The molecule has 14 heavy (non-hydrogen) atoms. The summed E-state index contributed by atoms with van der Waals surface area (Å²) >= 11 is 0. The minimum absolute atomic E-state index is 0.949. The molecule has 1 rings (SSSR count). The van der Waals surface area contributed by atoms with E-state index in [4.69, 9.17) is 0 Å². The topological polar surface area (TPSA) is 0 Å². The highest BCUT2D eigenvalue weighted by Crippen LogP contribution is 2.41. The molecule has 0 N–H and O–H groups in total. The van der Waals surface area contributed by atoms with Gasteiger partial charge in [-0.25, -0.2) is 0 Å². The summed E-state index contributed by atoms with van der Waals surface area (Å²) in [7, 11) is 0. The standard InChI is InChI=1S/C14H28/c1-5-8-13-9-7-10-14(12(13)4)11(3)6-2/h11-14H,5-10H2,1-4H3. The molecule has 4 atom stereocenters. The van der Waals surface area contributed by atoms with E-state index in [1.165, 1.54) is 38.5 Å². The average Bonchev–Trinajstić information content (AvgIpc) is 2.20. The fraction of sp³-hybridized carbons (Fsp3) is 1.00. The molecule has 0 bridgehead atoms. The first-order chi connectivity index (χ1) is 6.70. The van der Waals surface area contributed by atoms with Crippen LogP contribution in [0.5, 0.6) is 0 Å². The first kappa shape index (κ1) is 12.1. The highest BCUT2D eigenvalue weighted by atomic mass is 14.4. The van der Waals surface area contributed by atoms with Crippen molar-refractivity contribution in [3.8, 4) is 0 Å². The van der Waals surface area contributed by atoms with Gasteiger partial charge in [0.15, 0.2) is 0 Å². The highest BCUT2D eigenvalue weighted by Gasteiger charge is 2.31. The maximum atomic E-state index is 2.51. The van der Waals surface area contributed by atoms with Gasteiger partial charge in [-0.05, 0) is 30.1 Å². The van der Waals surface area contributed by atoms with Gasteiger partial charge in [0.25, 0.3) is 0 Å². The number of hydrogen-bond donors (Lipinski definition) is 0. The van der Waals surface area contributed by atoms with E-state index in [0.717, 1.165) is 23.7 Å². The smallest absolute Gasteiger partial charge is 0.0360 e. The van der Waals surface area contributed by atoms with Gasteiger partial charge in [-0.1, -0.05) is 59.8 Å². The Hall–Kier alpha value is 0. The van der Waals surface area contributed by atoms with E-state index in [1.807, 2.05) is 0 Å². The lowest BCUT2D eigenvalue weighted by atomic mass is 9.67. The molecule has 1 saturated carbocycles. The highest BCUT2D eigenvalue weighted by molar-refractivity contribution is 4.81. The SMILES string of the molecule is CCCC1CCCC(C(C)CC)C1C. The summed E-state index contributed by atoms with van der Waals surface area (Å²) in [6, 6.07) is 0. The second kappa shape index (κ2) is 5.78. The van der Waals surface area contributed by atoms with Gasteiger partial charge in [-0.3, -0.25) is 0 Å². The van der Waals surface area contributed by atoms with Gasteiger partial charge in [0.1, 0.15) is 0 Å². The van der Waals surface area contributed by atoms with Crippen LogP contribution in [0.1, 0.15) is 66.2 Å². The fourth-order valence-corrected chi connectivity index (χ4v) is 3.37. The molecule has 0 radical (unpaired) electrons. The van der Waals surface area contributed by atoms with Gasteiger partial charge in [-0.2, -0.15) is 0 Å². The van der Waals surface area contributed by atoms with Crippen molar-refractivity contribution < 1.29 is 0 Å². The molecule has 84 valence electrons. The average molecular weight is 196 g/mol. The van der Waals surface area contributed by atoms with E-state index in [-0.39, 0.29) is 0 Å². The number of hydrogen-bond acceptors (Lipinski definition) is 0. The van der Waals surface area contributed by atoms with E-state index in [1.54, 1.807) is 0 Å². The Morgan fingerprint density at radius 1 is 1.21 bits per heavy atom. The Balaban J connectivity index is 2.51. The van der Waals surface area contributed by atoms with E-state index in [9.17, 15) is 0 Å². The van der Waals surface area contributed by atoms with Crippen molar-refractivity contribution in [3.05, 3.63) is 0 Å². The molecule has 4 unspecified atom stereocenters. The maximum Gasteiger partial charge on any atom is -0.0360 e. The molecule has 0 aliphatic heterocycles. The van der Waals surface area contributed by atoms with Gasteiger partial charge in [0.05, 0.1) is 0 Å². The maximum absolute atomic E-state index is 2.51. The molecule has 0 heterocycles. The van der Waals surface area contributed by atoms with Crippen LogP contribution in [0.2, 0.25) is 0 Å². The van der Waals surface area contributed by atoms with Gasteiger partial charge in [0.2, 0.25) is 0 Å². The van der Waals surface area contributed by atoms with Crippen LogP contribution in [-0.2, 0) is 0 Å². The molecule has 0 amide bonds. The Morgan fingerprint density at radius 2 is 1.93 bits per heavy atom. The molecule has 0 aromatic rings. The molecular weight excluding hydrogens is 168 g/mol. The summed E-state index contributed by atoms with van der Waals surface area (Å²) in [5, 5.41) is 0. The van der Waals surface area contributed by atoms with Crippen LogP contribution in [0.15, 0.2) is 0 Å². The van der Waals surface area contributed by atoms with Gasteiger partial charge in [-0.15, -0.1) is 0 Å². The summed E-state index contributed by atoms with van der Waals surface area (Å²) in [6.45, 7) is 9.65. The zero-order chi connectivity index (χ0) is 10.6. The zero-order valence-electron chi connectivity index (χ0n) is 10.6. The normalized spacial score (nSPS) is 35.6. The van der Waals surface area contributed by atoms with Crippen molar-refractivity contribution in [2.75, 3.05) is 0 Å². The summed E-state index contributed by atoms with van der Waals surface area (Å²) in [5.74, 6) is 3.99. The summed E-state index contributed by atoms with van der Waals surface area (Å²) in [4.78, 5) is 0. The molecule has 1 aliphatic carbocycles. The monoisotopic (exact) mass is 196 g/mol. The van der Waals surface area contributed by atoms with Gasteiger partial charge >= 0.3 is 0 Å². The Bertz CT molecular complexity index is 148. The third kappa shape index (κ3) is 2.74. The van der Waals surface area contributed by atoms with Crippen LogP contribution in [0.4, 0.5) is 0 Å². The van der Waals surface area contributed by atoms with Crippen molar-refractivity contribution in [2.24, 2.45) is 23.7 Å². The molecule has 0 spiro atoms. The largest absolute Gasteiger partial charge is 0.0654 e. The molecule has 0 saturated heterocycles. The Morgan fingerprint density at radius 3 is 2.50 bits per heavy atom. The molecule has 1 fully saturated rings. The van der Waals surface area contributed by atoms with Crippen LogP contribution >= 0.6 is 0 Å². The van der Waals surface area contributed by atoms with Crippen molar-refractivity contribution >= 4 is 0 Å². The van der Waals surface area contributed by atoms with Crippen LogP contribution in [0.25, 0.3) is 0 Å². The van der Waals surface area contributed by atoms with Crippen LogP contribution in [0.3, 0.4) is 0 Å². The van der Waals surface area contributed by atoms with Crippen LogP contribution < -0.4 is 0 Å². The quantitative estimate of drug-likeness (QED) is 0.601. The van der Waals surface area contributed by atoms with Crippen molar-refractivity contribution in [3.63, 3.8) is 0 Å². The molecule has 0 heteroatoms. The minimum Gasteiger partial charge on any atom is -0.0654 e. The lowest BCUT2D eigenvalue weighted by molar-refractivity contribution is 0.112. The minimum atomic E-state index is 0.949. The van der Waals surface area contributed by atoms with Gasteiger partial charge < -0.3 is 0 Å². The molecule has 0 nitrogen and oxygen atoms in total. The fourth-order valence-electron chi connectivity index (χ4n) is 3.37. The first-order valence-electron chi connectivity index (χ1n) is 6.70.